The minimum atomic E-state index is 0.212. The minimum Gasteiger partial charge on any atom is -0.368 e. The summed E-state index contributed by atoms with van der Waals surface area (Å²) in [5.74, 6) is 0. The summed E-state index contributed by atoms with van der Waals surface area (Å²) in [6.45, 7) is 0. The van der Waals surface area contributed by atoms with E-state index in [0.717, 1.165) is 0 Å². The van der Waals surface area contributed by atoms with Gasteiger partial charge < -0.3 is 5.32 Å². The quantitative estimate of drug-likeness (QED) is 0.198. The lowest BCUT2D eigenvalue weighted by molar-refractivity contribution is 1.14. The largest absolute Gasteiger partial charge is 0.368 e. The van der Waals surface area contributed by atoms with Crippen molar-refractivity contribution < 1.29 is 0 Å². The van der Waals surface area contributed by atoms with Crippen LogP contribution >= 0.6 is 11.8 Å². The van der Waals surface area contributed by atoms with Gasteiger partial charge in [-0.15, -0.1) is 0 Å². The molecule has 1 aliphatic heterocycles. The lowest BCUT2D eigenvalue weighted by atomic mass is 9.91. The second-order valence-electron chi connectivity index (χ2n) is 12.5. The Morgan fingerprint density at radius 3 is 1.64 bits per heavy atom. The number of hydrogen-bond acceptors (Lipinski definition) is 2. The zero-order valence-corrected chi connectivity index (χ0v) is 26.4. The highest BCUT2D eigenvalue weighted by molar-refractivity contribution is 8.00. The fourth-order valence-corrected chi connectivity index (χ4v) is 8.88. The number of benzene rings is 9. The standard InChI is InChI=1S/C45H29NS/c1-2-9-30(10-3-1)45-46-42-24-22-29-19-17-28-18-20-33(26-40(28)43(29)44(42)47-45)31-11-8-12-32(25-31)34-21-23-39-37-15-5-4-13-35(37)36-14-6-7-16-38(36)41(39)27-34/h1-27,45-46H. The van der Waals surface area contributed by atoms with E-state index in [2.05, 4.69) is 169 Å². The van der Waals surface area contributed by atoms with Gasteiger partial charge in [-0.3, -0.25) is 0 Å². The fraction of sp³-hybridized carbons (Fsp3) is 0.0222. The van der Waals surface area contributed by atoms with Gasteiger partial charge in [0.05, 0.1) is 0 Å². The van der Waals surface area contributed by atoms with Gasteiger partial charge in [-0.1, -0.05) is 151 Å². The van der Waals surface area contributed by atoms with Crippen LogP contribution in [0, 0.1) is 0 Å². The van der Waals surface area contributed by atoms with Gasteiger partial charge in [0.25, 0.3) is 0 Å². The SMILES string of the molecule is c1ccc(C2Nc3ccc4ccc5ccc(-c6cccc(-c7ccc8c9ccccc9c9ccccc9c8c7)c6)cc5c4c3S2)cc1. The molecule has 0 radical (unpaired) electrons. The van der Waals surface area contributed by atoms with Gasteiger partial charge in [-0.05, 0) is 101 Å². The van der Waals surface area contributed by atoms with E-state index in [1.54, 1.807) is 0 Å². The van der Waals surface area contributed by atoms with E-state index < -0.39 is 0 Å². The van der Waals surface area contributed by atoms with E-state index in [0.29, 0.717) is 0 Å². The third kappa shape index (κ3) is 4.26. The van der Waals surface area contributed by atoms with Crippen LogP contribution in [0.3, 0.4) is 0 Å². The third-order valence-electron chi connectivity index (χ3n) is 9.85. The van der Waals surface area contributed by atoms with E-state index >= 15 is 0 Å². The first-order chi connectivity index (χ1) is 23.3. The summed E-state index contributed by atoms with van der Waals surface area (Å²) in [4.78, 5) is 1.34. The van der Waals surface area contributed by atoms with E-state index in [4.69, 9.17) is 0 Å². The van der Waals surface area contributed by atoms with Crippen molar-refractivity contribution in [2.45, 2.75) is 10.3 Å². The molecule has 0 fully saturated rings. The Labute approximate surface area is 277 Å². The lowest BCUT2D eigenvalue weighted by Gasteiger charge is -2.13. The molecule has 1 atom stereocenters. The Balaban J connectivity index is 1.10. The second-order valence-corrected chi connectivity index (χ2v) is 13.6. The molecule has 1 unspecified atom stereocenters. The molecule has 0 amide bonds. The van der Waals surface area contributed by atoms with Crippen molar-refractivity contribution in [3.05, 3.63) is 169 Å². The molecule has 0 saturated heterocycles. The maximum Gasteiger partial charge on any atom is 0.103 e. The Kier molecular flexibility index (Phi) is 5.94. The molecule has 2 heteroatoms. The van der Waals surface area contributed by atoms with Crippen molar-refractivity contribution in [2.75, 3.05) is 5.32 Å². The molecular weight excluding hydrogens is 587 g/mol. The molecule has 1 N–H and O–H groups in total. The minimum absolute atomic E-state index is 0.212. The highest BCUT2D eigenvalue weighted by Crippen LogP contribution is 2.51. The Morgan fingerprint density at radius 2 is 0.915 bits per heavy atom. The van der Waals surface area contributed by atoms with Crippen molar-refractivity contribution in [1.29, 1.82) is 0 Å². The maximum atomic E-state index is 3.78. The smallest absolute Gasteiger partial charge is 0.103 e. The maximum absolute atomic E-state index is 3.78. The lowest BCUT2D eigenvalue weighted by Crippen LogP contribution is -2.00. The summed E-state index contributed by atoms with van der Waals surface area (Å²) in [7, 11) is 0. The summed E-state index contributed by atoms with van der Waals surface area (Å²) in [5, 5.41) is 17.0. The van der Waals surface area contributed by atoms with Crippen molar-refractivity contribution in [3.8, 4) is 22.3 Å². The number of nitrogens with one attached hydrogen (secondary N) is 1. The summed E-state index contributed by atoms with van der Waals surface area (Å²) < 4.78 is 0. The Hall–Kier alpha value is -5.57. The number of fused-ring (bicyclic) bond motifs is 11. The summed E-state index contributed by atoms with van der Waals surface area (Å²) in [6.07, 6.45) is 0. The molecule has 220 valence electrons. The number of hydrogen-bond donors (Lipinski definition) is 1. The van der Waals surface area contributed by atoms with Crippen LogP contribution in [0.25, 0.3) is 76.1 Å². The second kappa shape index (κ2) is 10.5. The topological polar surface area (TPSA) is 12.0 Å². The van der Waals surface area contributed by atoms with Crippen LogP contribution in [0.5, 0.6) is 0 Å². The molecular formula is C45H29NS. The monoisotopic (exact) mass is 615 g/mol. The van der Waals surface area contributed by atoms with E-state index in [9.17, 15) is 0 Å². The highest BCUT2D eigenvalue weighted by Gasteiger charge is 2.25. The molecule has 0 aliphatic carbocycles. The molecule has 47 heavy (non-hydrogen) atoms. The van der Waals surface area contributed by atoms with E-state index in [1.807, 2.05) is 11.8 Å². The first kappa shape index (κ1) is 26.6. The molecule has 0 aromatic heterocycles. The zero-order chi connectivity index (χ0) is 30.9. The van der Waals surface area contributed by atoms with Gasteiger partial charge in [0, 0.05) is 16.0 Å². The molecule has 9 aromatic carbocycles. The van der Waals surface area contributed by atoms with Crippen LogP contribution < -0.4 is 5.32 Å². The van der Waals surface area contributed by atoms with Gasteiger partial charge in [0.1, 0.15) is 5.37 Å². The molecule has 9 aromatic rings. The van der Waals surface area contributed by atoms with Crippen molar-refractivity contribution >= 4 is 71.3 Å². The first-order valence-corrected chi connectivity index (χ1v) is 17.1. The molecule has 1 heterocycles. The van der Waals surface area contributed by atoms with Crippen LogP contribution in [-0.4, -0.2) is 0 Å². The van der Waals surface area contributed by atoms with Gasteiger partial charge in [0.15, 0.2) is 0 Å². The van der Waals surface area contributed by atoms with Gasteiger partial charge in [-0.25, -0.2) is 0 Å². The number of thioether (sulfide) groups is 1. The van der Waals surface area contributed by atoms with Crippen LogP contribution in [-0.2, 0) is 0 Å². The fourth-order valence-electron chi connectivity index (χ4n) is 7.56. The molecule has 0 spiro atoms. The predicted molar refractivity (Wildman–Crippen MR) is 204 cm³/mol. The molecule has 1 nitrogen and oxygen atoms in total. The first-order valence-electron chi connectivity index (χ1n) is 16.2. The van der Waals surface area contributed by atoms with Gasteiger partial charge in [0.2, 0.25) is 0 Å². The van der Waals surface area contributed by atoms with Crippen LogP contribution in [0.2, 0.25) is 0 Å². The van der Waals surface area contributed by atoms with Crippen molar-refractivity contribution in [1.82, 2.24) is 0 Å². The van der Waals surface area contributed by atoms with Crippen molar-refractivity contribution in [3.63, 3.8) is 0 Å². The predicted octanol–water partition coefficient (Wildman–Crippen LogP) is 13.0. The normalized spacial score (nSPS) is 14.3. The average Bonchev–Trinajstić information content (AvgIpc) is 3.60. The van der Waals surface area contributed by atoms with Gasteiger partial charge >= 0.3 is 0 Å². The molecule has 1 aliphatic rings. The van der Waals surface area contributed by atoms with E-state index in [-0.39, 0.29) is 5.37 Å². The molecule has 0 bridgehead atoms. The molecule has 0 saturated carbocycles. The van der Waals surface area contributed by atoms with Crippen LogP contribution in [0.4, 0.5) is 5.69 Å². The van der Waals surface area contributed by atoms with Crippen LogP contribution in [0.1, 0.15) is 10.9 Å². The number of rotatable bonds is 3. The Bertz CT molecular complexity index is 2660. The molecule has 10 rings (SSSR count). The van der Waals surface area contributed by atoms with Crippen LogP contribution in [0.15, 0.2) is 169 Å². The summed E-state index contributed by atoms with van der Waals surface area (Å²) >= 11 is 1.93. The Morgan fingerprint density at radius 1 is 0.383 bits per heavy atom. The van der Waals surface area contributed by atoms with Gasteiger partial charge in [-0.2, -0.15) is 0 Å². The zero-order valence-electron chi connectivity index (χ0n) is 25.6. The average molecular weight is 616 g/mol. The third-order valence-corrected chi connectivity index (χ3v) is 11.1. The van der Waals surface area contributed by atoms with Crippen molar-refractivity contribution in [2.24, 2.45) is 0 Å². The van der Waals surface area contributed by atoms with E-state index in [1.165, 1.54) is 92.3 Å². The number of anilines is 1. The summed E-state index contributed by atoms with van der Waals surface area (Å²) in [6, 6.07) is 60.3. The summed E-state index contributed by atoms with van der Waals surface area (Å²) in [5.41, 5.74) is 7.44. The highest BCUT2D eigenvalue weighted by atomic mass is 32.2.